The largest absolute Gasteiger partial charge is 0.392 e. The number of rotatable bonds is 2. The van der Waals surface area contributed by atoms with Gasteiger partial charge in [0.05, 0.1) is 6.61 Å². The molecule has 2 aliphatic heterocycles. The molecule has 0 aromatic carbocycles. The van der Waals surface area contributed by atoms with E-state index in [2.05, 4.69) is 17.0 Å². The lowest BCUT2D eigenvalue weighted by Gasteiger charge is -2.30. The Kier molecular flexibility index (Phi) is 3.28. The molecular weight excluding hydrogens is 257 g/mol. The summed E-state index contributed by atoms with van der Waals surface area (Å²) in [5.41, 5.74) is -1.85. The fourth-order valence-electron chi connectivity index (χ4n) is 1.88. The van der Waals surface area contributed by atoms with Gasteiger partial charge in [-0.05, 0) is 0 Å². The van der Waals surface area contributed by atoms with E-state index in [1.807, 2.05) is 5.92 Å². The maximum atomic E-state index is 14.1. The van der Waals surface area contributed by atoms with Crippen molar-refractivity contribution in [3.05, 3.63) is 12.4 Å². The summed E-state index contributed by atoms with van der Waals surface area (Å²) in [6.45, 7) is 2.74. The van der Waals surface area contributed by atoms with Crippen LogP contribution in [0.3, 0.4) is 0 Å². The molecule has 102 valence electrons. The monoisotopic (exact) mass is 269 g/mol. The third kappa shape index (κ3) is 1.98. The minimum Gasteiger partial charge on any atom is -0.392 e. The topological polar surface area (TPSA) is 94.4 Å². The second-order valence-corrected chi connectivity index (χ2v) is 4.11. The Labute approximate surface area is 108 Å². The summed E-state index contributed by atoms with van der Waals surface area (Å²) in [5, 5.41) is 25.9. The Bertz CT molecular complexity index is 489. The lowest BCUT2D eigenvalue weighted by Crippen LogP contribution is -2.46. The Morgan fingerprint density at radius 3 is 2.95 bits per heavy atom. The summed E-state index contributed by atoms with van der Waals surface area (Å²) in [7, 11) is 0. The minimum absolute atomic E-state index is 0.0156. The number of ether oxygens (including phenoxy) is 1. The second kappa shape index (κ2) is 4.62. The van der Waals surface area contributed by atoms with Crippen LogP contribution in [-0.4, -0.2) is 58.1 Å². The number of alkyl halides is 1. The van der Waals surface area contributed by atoms with Gasteiger partial charge >= 0.3 is 0 Å². The van der Waals surface area contributed by atoms with Gasteiger partial charge in [0, 0.05) is 0 Å². The Hall–Kier alpha value is -1.95. The molecule has 4 unspecified atom stereocenters. The number of hydrazone groups is 1. The number of hydrogen-bond donors (Lipinski definition) is 3. The van der Waals surface area contributed by atoms with Crippen molar-refractivity contribution >= 4 is 12.1 Å². The van der Waals surface area contributed by atoms with Crippen molar-refractivity contribution in [3.8, 4) is 12.3 Å². The average Bonchev–Trinajstić information content (AvgIpc) is 2.64. The van der Waals surface area contributed by atoms with Crippen LogP contribution in [0.25, 0.3) is 0 Å². The molecule has 1 saturated heterocycles. The quantitative estimate of drug-likeness (QED) is 0.519. The summed E-state index contributed by atoms with van der Waals surface area (Å²) in [4.78, 5) is 11.0. The number of terminal acetylenes is 1. The van der Waals surface area contributed by atoms with Crippen LogP contribution in [0.4, 0.5) is 4.39 Å². The standard InChI is InChI=1S/C11H12FN3O4/c1-3-11(5-16)9(18)8(12)10(19-11)15-6(2)14-7(17)4-13-15/h1,4,8-10,16,18H,2,5H2,(H,14,17). The van der Waals surface area contributed by atoms with E-state index in [1.165, 1.54) is 0 Å². The van der Waals surface area contributed by atoms with Crippen LogP contribution in [0.1, 0.15) is 0 Å². The SMILES string of the molecule is C#CC1(CO)OC(N2N=CC(=O)NC2=C)C(F)C1O. The highest BCUT2D eigenvalue weighted by Crippen LogP contribution is 2.35. The normalized spacial score (nSPS) is 38.2. The average molecular weight is 269 g/mol. The first-order valence-corrected chi connectivity index (χ1v) is 5.37. The molecular formula is C11H12FN3O4. The molecule has 4 atom stereocenters. The fourth-order valence-corrected chi connectivity index (χ4v) is 1.88. The first-order valence-electron chi connectivity index (χ1n) is 5.37. The molecule has 0 radical (unpaired) electrons. The molecule has 1 fully saturated rings. The van der Waals surface area contributed by atoms with E-state index >= 15 is 0 Å². The highest BCUT2D eigenvalue weighted by Gasteiger charge is 2.57. The Morgan fingerprint density at radius 1 is 1.79 bits per heavy atom. The smallest absolute Gasteiger partial charge is 0.269 e. The number of carbonyl (C=O) groups excluding carboxylic acids is 1. The first-order chi connectivity index (χ1) is 8.95. The maximum Gasteiger partial charge on any atom is 0.269 e. The molecule has 0 aromatic rings. The molecule has 3 N–H and O–H groups in total. The van der Waals surface area contributed by atoms with Gasteiger partial charge in [-0.25, -0.2) is 9.40 Å². The van der Waals surface area contributed by atoms with Gasteiger partial charge in [-0.15, -0.1) is 6.42 Å². The second-order valence-electron chi connectivity index (χ2n) is 4.11. The molecule has 8 heteroatoms. The van der Waals surface area contributed by atoms with E-state index in [0.717, 1.165) is 11.2 Å². The third-order valence-corrected chi connectivity index (χ3v) is 2.95. The number of carbonyl (C=O) groups is 1. The van der Waals surface area contributed by atoms with Crippen LogP contribution in [0.15, 0.2) is 17.5 Å². The van der Waals surface area contributed by atoms with E-state index in [-0.39, 0.29) is 5.82 Å². The molecule has 1 amide bonds. The van der Waals surface area contributed by atoms with Gasteiger partial charge in [0.1, 0.15) is 18.1 Å². The summed E-state index contributed by atoms with van der Waals surface area (Å²) >= 11 is 0. The summed E-state index contributed by atoms with van der Waals surface area (Å²) in [6.07, 6.45) is 1.05. The van der Waals surface area contributed by atoms with Crippen molar-refractivity contribution < 1.29 is 24.1 Å². The Balaban J connectivity index is 2.28. The highest BCUT2D eigenvalue weighted by molar-refractivity contribution is 6.27. The number of halogens is 1. The lowest BCUT2D eigenvalue weighted by atomic mass is 9.98. The van der Waals surface area contributed by atoms with Gasteiger partial charge in [-0.2, -0.15) is 5.10 Å². The van der Waals surface area contributed by atoms with Gasteiger partial charge in [0.25, 0.3) is 5.91 Å². The molecule has 0 bridgehead atoms. The van der Waals surface area contributed by atoms with Gasteiger partial charge in [-0.1, -0.05) is 12.5 Å². The molecule has 2 heterocycles. The van der Waals surface area contributed by atoms with Crippen molar-refractivity contribution in [1.82, 2.24) is 10.3 Å². The van der Waals surface area contributed by atoms with Crippen LogP contribution in [-0.2, 0) is 9.53 Å². The van der Waals surface area contributed by atoms with Crippen LogP contribution in [0, 0.1) is 12.3 Å². The van der Waals surface area contributed by atoms with Crippen molar-refractivity contribution in [2.45, 2.75) is 24.1 Å². The summed E-state index contributed by atoms with van der Waals surface area (Å²) in [5.74, 6) is 1.51. The molecule has 7 nitrogen and oxygen atoms in total. The van der Waals surface area contributed by atoms with Crippen LogP contribution >= 0.6 is 0 Å². The van der Waals surface area contributed by atoms with Gasteiger partial charge < -0.3 is 20.3 Å². The molecule has 2 rings (SSSR count). The minimum atomic E-state index is -1.92. The first kappa shape index (κ1) is 13.5. The molecule has 0 aromatic heterocycles. The number of nitrogens with zero attached hydrogens (tertiary/aromatic N) is 2. The van der Waals surface area contributed by atoms with Crippen molar-refractivity contribution in [1.29, 1.82) is 0 Å². The molecule has 0 aliphatic carbocycles. The van der Waals surface area contributed by atoms with Crippen LogP contribution < -0.4 is 5.32 Å². The lowest BCUT2D eigenvalue weighted by molar-refractivity contribution is -0.122. The zero-order chi connectivity index (χ0) is 14.2. The zero-order valence-corrected chi connectivity index (χ0v) is 9.78. The third-order valence-electron chi connectivity index (χ3n) is 2.95. The number of amides is 1. The predicted molar refractivity (Wildman–Crippen MR) is 62.0 cm³/mol. The molecule has 2 aliphatic rings. The van der Waals surface area contributed by atoms with Crippen molar-refractivity contribution in [2.75, 3.05) is 6.61 Å². The molecule has 0 spiro atoms. The predicted octanol–water partition coefficient (Wildman–Crippen LogP) is -1.71. The number of aliphatic hydroxyl groups excluding tert-OH is 2. The highest BCUT2D eigenvalue weighted by atomic mass is 19.1. The van der Waals surface area contributed by atoms with E-state index in [0.29, 0.717) is 0 Å². The maximum absolute atomic E-state index is 14.1. The van der Waals surface area contributed by atoms with E-state index in [1.54, 1.807) is 0 Å². The number of hydrogen-bond acceptors (Lipinski definition) is 6. The van der Waals surface area contributed by atoms with Gasteiger partial charge in [-0.3, -0.25) is 4.79 Å². The fraction of sp³-hybridized carbons (Fsp3) is 0.455. The molecule has 19 heavy (non-hydrogen) atoms. The van der Waals surface area contributed by atoms with Gasteiger partial charge in [0.2, 0.25) is 0 Å². The van der Waals surface area contributed by atoms with Gasteiger partial charge in [0.15, 0.2) is 18.0 Å². The van der Waals surface area contributed by atoms with Crippen LogP contribution in [0.2, 0.25) is 0 Å². The number of aliphatic hydroxyl groups is 2. The van der Waals surface area contributed by atoms with E-state index in [4.69, 9.17) is 11.2 Å². The van der Waals surface area contributed by atoms with Crippen molar-refractivity contribution in [2.24, 2.45) is 5.10 Å². The summed E-state index contributed by atoms with van der Waals surface area (Å²) < 4.78 is 19.3. The summed E-state index contributed by atoms with van der Waals surface area (Å²) in [6, 6.07) is 0. The molecule has 0 saturated carbocycles. The van der Waals surface area contributed by atoms with Crippen molar-refractivity contribution in [3.63, 3.8) is 0 Å². The van der Waals surface area contributed by atoms with Crippen LogP contribution in [0.5, 0.6) is 0 Å². The van der Waals surface area contributed by atoms with E-state index < -0.39 is 36.6 Å². The number of nitrogens with one attached hydrogen (secondary N) is 1. The Morgan fingerprint density at radius 2 is 2.47 bits per heavy atom. The van der Waals surface area contributed by atoms with E-state index in [9.17, 15) is 19.4 Å². The zero-order valence-electron chi connectivity index (χ0n) is 9.78.